The lowest BCUT2D eigenvalue weighted by atomic mass is 10.1. The summed E-state index contributed by atoms with van der Waals surface area (Å²) >= 11 is 0.548. The van der Waals surface area contributed by atoms with Gasteiger partial charge in [-0.05, 0) is 17.2 Å². The first-order chi connectivity index (χ1) is 17.3. The summed E-state index contributed by atoms with van der Waals surface area (Å²) in [6, 6.07) is 18.1. The SMILES string of the molecule is O=C(O)Oc1ccnn1Cc1ccc(-c2noc(-c3cc(-c4ccccc4)c(C(F)(F)F)s3)n2)cc1. The quantitative estimate of drug-likeness (QED) is 0.261. The predicted molar refractivity (Wildman–Crippen MR) is 123 cm³/mol. The molecule has 0 aliphatic carbocycles. The van der Waals surface area contributed by atoms with E-state index in [4.69, 9.17) is 9.63 Å². The predicted octanol–water partition coefficient (Wildman–Crippen LogP) is 6.45. The van der Waals surface area contributed by atoms with Gasteiger partial charge in [0.15, 0.2) is 0 Å². The number of hydrogen-bond donors (Lipinski definition) is 1. The molecular weight excluding hydrogens is 497 g/mol. The van der Waals surface area contributed by atoms with E-state index >= 15 is 0 Å². The van der Waals surface area contributed by atoms with Crippen molar-refractivity contribution in [2.45, 2.75) is 12.7 Å². The zero-order valence-electron chi connectivity index (χ0n) is 18.1. The Balaban J connectivity index is 1.39. The zero-order valence-corrected chi connectivity index (χ0v) is 19.0. The maximum atomic E-state index is 13.7. The number of rotatable bonds is 6. The van der Waals surface area contributed by atoms with Crippen molar-refractivity contribution < 1.29 is 32.3 Å². The Morgan fingerprint density at radius 2 is 1.81 bits per heavy atom. The molecule has 0 bridgehead atoms. The van der Waals surface area contributed by atoms with E-state index in [0.29, 0.717) is 22.5 Å². The highest BCUT2D eigenvalue weighted by molar-refractivity contribution is 7.16. The first-order valence-electron chi connectivity index (χ1n) is 10.4. The Labute approximate surface area is 205 Å². The number of ether oxygens (including phenoxy) is 1. The molecule has 5 aromatic rings. The molecule has 0 atom stereocenters. The topological polar surface area (TPSA) is 103 Å². The molecule has 0 spiro atoms. The summed E-state index contributed by atoms with van der Waals surface area (Å²) in [5.74, 6) is 0.283. The highest BCUT2D eigenvalue weighted by Gasteiger charge is 2.37. The number of thiophene rings is 1. The van der Waals surface area contributed by atoms with Crippen molar-refractivity contribution in [1.82, 2.24) is 19.9 Å². The van der Waals surface area contributed by atoms with Gasteiger partial charge in [0.05, 0.1) is 17.6 Å². The van der Waals surface area contributed by atoms with Crippen molar-refractivity contribution in [2.75, 3.05) is 0 Å². The van der Waals surface area contributed by atoms with Crippen LogP contribution in [0.4, 0.5) is 18.0 Å². The fraction of sp³-hybridized carbons (Fsp3) is 0.0833. The van der Waals surface area contributed by atoms with Crippen molar-refractivity contribution >= 4 is 17.5 Å². The molecule has 3 heterocycles. The van der Waals surface area contributed by atoms with Crippen LogP contribution in [-0.4, -0.2) is 31.2 Å². The summed E-state index contributed by atoms with van der Waals surface area (Å²) < 4.78 is 52.4. The number of halogens is 3. The van der Waals surface area contributed by atoms with Gasteiger partial charge in [-0.2, -0.15) is 23.3 Å². The standard InChI is InChI=1S/C24H15F3N4O4S/c25-24(26,27)20-17(15-4-2-1-3-5-15)12-18(36-20)22-29-21(30-35-22)16-8-6-14(7-9-16)13-31-19(10-11-28-31)34-23(32)33/h1-12H,13H2,(H,32,33). The van der Waals surface area contributed by atoms with Gasteiger partial charge in [0.1, 0.15) is 4.88 Å². The van der Waals surface area contributed by atoms with E-state index in [2.05, 4.69) is 20.0 Å². The van der Waals surface area contributed by atoms with E-state index in [9.17, 15) is 18.0 Å². The number of carboxylic acid groups (broad SMARTS) is 1. The minimum atomic E-state index is -4.53. The second-order valence-corrected chi connectivity index (χ2v) is 8.58. The van der Waals surface area contributed by atoms with E-state index in [-0.39, 0.29) is 34.6 Å². The van der Waals surface area contributed by atoms with Crippen molar-refractivity contribution in [3.8, 4) is 39.2 Å². The van der Waals surface area contributed by atoms with Crippen LogP contribution in [0.1, 0.15) is 10.4 Å². The number of nitrogens with zero attached hydrogens (tertiary/aromatic N) is 4. The minimum Gasteiger partial charge on any atom is -0.449 e. The summed E-state index contributed by atoms with van der Waals surface area (Å²) in [5.41, 5.74) is 1.88. The van der Waals surface area contributed by atoms with Crippen molar-refractivity contribution in [3.05, 3.63) is 83.4 Å². The van der Waals surface area contributed by atoms with Gasteiger partial charge in [-0.25, -0.2) is 9.48 Å². The Morgan fingerprint density at radius 1 is 1.06 bits per heavy atom. The third-order valence-electron chi connectivity index (χ3n) is 5.13. The molecule has 0 unspecified atom stereocenters. The first-order valence-corrected chi connectivity index (χ1v) is 11.2. The van der Waals surface area contributed by atoms with Gasteiger partial charge >= 0.3 is 12.3 Å². The summed E-state index contributed by atoms with van der Waals surface area (Å²) in [5, 5.41) is 16.8. The highest BCUT2D eigenvalue weighted by atomic mass is 32.1. The van der Waals surface area contributed by atoms with Crippen LogP contribution in [0.2, 0.25) is 0 Å². The second kappa shape index (κ2) is 9.30. The fourth-order valence-electron chi connectivity index (χ4n) is 3.53. The third kappa shape index (κ3) is 4.84. The van der Waals surface area contributed by atoms with Crippen LogP contribution < -0.4 is 4.74 Å². The van der Waals surface area contributed by atoms with Crippen LogP contribution in [0, 0.1) is 0 Å². The van der Waals surface area contributed by atoms with Gasteiger partial charge in [0.2, 0.25) is 11.7 Å². The van der Waals surface area contributed by atoms with Crippen LogP contribution in [-0.2, 0) is 12.7 Å². The van der Waals surface area contributed by atoms with Crippen LogP contribution >= 0.6 is 11.3 Å². The molecule has 182 valence electrons. The molecule has 0 aliphatic heterocycles. The van der Waals surface area contributed by atoms with Crippen molar-refractivity contribution in [3.63, 3.8) is 0 Å². The van der Waals surface area contributed by atoms with E-state index in [0.717, 1.165) is 5.56 Å². The molecule has 0 saturated carbocycles. The number of alkyl halides is 3. The molecule has 8 nitrogen and oxygen atoms in total. The summed E-state index contributed by atoms with van der Waals surface area (Å²) in [6.07, 6.45) is -4.55. The maximum Gasteiger partial charge on any atom is 0.512 e. The van der Waals surface area contributed by atoms with Crippen molar-refractivity contribution in [2.24, 2.45) is 0 Å². The molecule has 12 heteroatoms. The molecule has 36 heavy (non-hydrogen) atoms. The molecule has 5 rings (SSSR count). The monoisotopic (exact) mass is 512 g/mol. The van der Waals surface area contributed by atoms with Gasteiger partial charge in [-0.3, -0.25) is 0 Å². The van der Waals surface area contributed by atoms with E-state index in [1.807, 2.05) is 0 Å². The van der Waals surface area contributed by atoms with Crippen LogP contribution in [0.5, 0.6) is 5.88 Å². The molecule has 2 aromatic carbocycles. The molecular formula is C24H15F3N4O4S. The lowest BCUT2D eigenvalue weighted by Crippen LogP contribution is -2.10. The van der Waals surface area contributed by atoms with E-state index in [1.165, 1.54) is 23.0 Å². The molecule has 0 saturated heterocycles. The summed E-state index contributed by atoms with van der Waals surface area (Å²) in [7, 11) is 0. The zero-order chi connectivity index (χ0) is 25.3. The molecule has 0 radical (unpaired) electrons. The van der Waals surface area contributed by atoms with E-state index < -0.39 is 17.2 Å². The van der Waals surface area contributed by atoms with Gasteiger partial charge in [-0.1, -0.05) is 59.8 Å². The molecule has 0 aliphatic rings. The number of carbonyl (C=O) groups is 1. The third-order valence-corrected chi connectivity index (χ3v) is 6.29. The summed E-state index contributed by atoms with van der Waals surface area (Å²) in [4.78, 5) is 14.5. The average Bonchev–Trinajstić information content (AvgIpc) is 3.60. The summed E-state index contributed by atoms with van der Waals surface area (Å²) in [6.45, 7) is 0.255. The Morgan fingerprint density at radius 3 is 2.50 bits per heavy atom. The fourth-order valence-corrected chi connectivity index (χ4v) is 4.50. The Kier molecular flexibility index (Phi) is 6.02. The number of benzene rings is 2. The van der Waals surface area contributed by atoms with Gasteiger partial charge in [0.25, 0.3) is 5.89 Å². The molecule has 3 aromatic heterocycles. The normalized spacial score (nSPS) is 11.5. The maximum absolute atomic E-state index is 13.7. The second-order valence-electron chi connectivity index (χ2n) is 7.53. The molecule has 0 amide bonds. The largest absolute Gasteiger partial charge is 0.512 e. The van der Waals surface area contributed by atoms with Gasteiger partial charge in [-0.15, -0.1) is 11.3 Å². The Bertz CT molecular complexity index is 1510. The molecule has 1 N–H and O–H groups in total. The lowest BCUT2D eigenvalue weighted by molar-refractivity contribution is -0.133. The number of hydrogen-bond acceptors (Lipinski definition) is 7. The van der Waals surface area contributed by atoms with Crippen LogP contribution in [0.15, 0.2) is 77.4 Å². The van der Waals surface area contributed by atoms with E-state index in [1.54, 1.807) is 54.6 Å². The minimum absolute atomic E-state index is 0.0150. The van der Waals surface area contributed by atoms with Gasteiger partial charge in [0, 0.05) is 17.2 Å². The highest BCUT2D eigenvalue weighted by Crippen LogP contribution is 2.45. The first kappa shape index (κ1) is 23.3. The average molecular weight is 512 g/mol. The molecule has 0 fully saturated rings. The lowest BCUT2D eigenvalue weighted by Gasteiger charge is -2.07. The van der Waals surface area contributed by atoms with Crippen LogP contribution in [0.25, 0.3) is 33.3 Å². The Hall–Kier alpha value is -4.45. The number of aromatic nitrogens is 4. The smallest absolute Gasteiger partial charge is 0.449 e. The van der Waals surface area contributed by atoms with Crippen LogP contribution in [0.3, 0.4) is 0 Å². The van der Waals surface area contributed by atoms with Crippen molar-refractivity contribution in [1.29, 1.82) is 0 Å². The van der Waals surface area contributed by atoms with Gasteiger partial charge < -0.3 is 14.4 Å².